The summed E-state index contributed by atoms with van der Waals surface area (Å²) in [5.74, 6) is 0.832. The quantitative estimate of drug-likeness (QED) is 0.820. The first-order chi connectivity index (χ1) is 12.6. The highest BCUT2D eigenvalue weighted by atomic mass is 16.5. The molecule has 26 heavy (non-hydrogen) atoms. The first-order valence-electron chi connectivity index (χ1n) is 8.77. The molecule has 1 fully saturated rings. The van der Waals surface area contributed by atoms with Crippen LogP contribution in [0.25, 0.3) is 0 Å². The van der Waals surface area contributed by atoms with Gasteiger partial charge in [-0.3, -0.25) is 9.59 Å². The number of rotatable bonds is 5. The van der Waals surface area contributed by atoms with Crippen molar-refractivity contribution in [3.8, 4) is 5.75 Å². The number of hydrogen-bond donors (Lipinski definition) is 0. The van der Waals surface area contributed by atoms with Crippen LogP contribution in [-0.4, -0.2) is 64.5 Å². The van der Waals surface area contributed by atoms with Crippen LogP contribution in [0.5, 0.6) is 5.75 Å². The molecule has 138 valence electrons. The molecule has 0 unspecified atom stereocenters. The summed E-state index contributed by atoms with van der Waals surface area (Å²) >= 11 is 0. The topological polar surface area (TPSA) is 67.7 Å². The minimum atomic E-state index is -0.00784. The third-order valence-corrected chi connectivity index (χ3v) is 4.76. The van der Waals surface area contributed by atoms with Crippen molar-refractivity contribution in [1.82, 2.24) is 19.4 Å². The summed E-state index contributed by atoms with van der Waals surface area (Å²) in [6.45, 7) is 4.24. The molecular formula is C19H24N4O3. The molecule has 1 saturated heterocycles. The number of nitrogens with zero attached hydrogens (tertiary/aromatic N) is 4. The number of methoxy groups -OCH3 is 1. The lowest BCUT2D eigenvalue weighted by molar-refractivity contribution is -0.133. The maximum atomic E-state index is 12.6. The number of piperazine rings is 1. The van der Waals surface area contributed by atoms with Gasteiger partial charge in [0.05, 0.1) is 13.4 Å². The molecule has 0 aliphatic carbocycles. The zero-order valence-electron chi connectivity index (χ0n) is 15.2. The van der Waals surface area contributed by atoms with Gasteiger partial charge in [0, 0.05) is 56.6 Å². The molecule has 7 heteroatoms. The molecular weight excluding hydrogens is 332 g/mol. The molecule has 0 radical (unpaired) electrons. The number of ether oxygens (including phenoxy) is 1. The molecule has 0 N–H and O–H groups in total. The van der Waals surface area contributed by atoms with Gasteiger partial charge in [0.1, 0.15) is 5.75 Å². The van der Waals surface area contributed by atoms with Crippen LogP contribution in [0.2, 0.25) is 0 Å². The standard InChI is InChI=1S/C19H24N4O3/c1-15(23-8-7-20-14-23)13-18(24)21-9-11-22(12-10-21)19(25)16-3-5-17(26-2)6-4-16/h3-8,14-15H,9-13H2,1-2H3/t15-/m0/s1. The molecule has 3 rings (SSSR count). The van der Waals surface area contributed by atoms with Gasteiger partial charge in [0.15, 0.2) is 0 Å². The first-order valence-corrected chi connectivity index (χ1v) is 8.77. The van der Waals surface area contributed by atoms with Gasteiger partial charge in [-0.25, -0.2) is 4.98 Å². The van der Waals surface area contributed by atoms with Crippen LogP contribution < -0.4 is 4.74 Å². The minimum Gasteiger partial charge on any atom is -0.497 e. The van der Waals surface area contributed by atoms with Crippen LogP contribution in [0, 0.1) is 0 Å². The van der Waals surface area contributed by atoms with E-state index in [0.29, 0.717) is 38.2 Å². The number of imidazole rings is 1. The highest BCUT2D eigenvalue weighted by Gasteiger charge is 2.25. The van der Waals surface area contributed by atoms with E-state index in [1.165, 1.54) is 0 Å². The van der Waals surface area contributed by atoms with Crippen molar-refractivity contribution in [1.29, 1.82) is 0 Å². The van der Waals surface area contributed by atoms with Gasteiger partial charge in [-0.2, -0.15) is 0 Å². The van der Waals surface area contributed by atoms with Gasteiger partial charge in [0.2, 0.25) is 5.91 Å². The second kappa shape index (κ2) is 8.03. The van der Waals surface area contributed by atoms with Crippen molar-refractivity contribution in [3.05, 3.63) is 48.5 Å². The maximum absolute atomic E-state index is 12.6. The van der Waals surface area contributed by atoms with E-state index >= 15 is 0 Å². The molecule has 2 heterocycles. The second-order valence-electron chi connectivity index (χ2n) is 6.46. The molecule has 1 aliphatic heterocycles. The summed E-state index contributed by atoms with van der Waals surface area (Å²) in [6.07, 6.45) is 5.74. The van der Waals surface area contributed by atoms with Crippen LogP contribution >= 0.6 is 0 Å². The van der Waals surface area contributed by atoms with E-state index in [-0.39, 0.29) is 17.9 Å². The number of benzene rings is 1. The third-order valence-electron chi connectivity index (χ3n) is 4.76. The number of aromatic nitrogens is 2. The summed E-state index contributed by atoms with van der Waals surface area (Å²) < 4.78 is 7.05. The molecule has 1 aromatic heterocycles. The Balaban J connectivity index is 1.51. The summed E-state index contributed by atoms with van der Waals surface area (Å²) in [7, 11) is 1.60. The van der Waals surface area contributed by atoms with E-state index in [2.05, 4.69) is 4.98 Å². The van der Waals surface area contributed by atoms with E-state index in [9.17, 15) is 9.59 Å². The SMILES string of the molecule is COc1ccc(C(=O)N2CCN(C(=O)C[C@H](C)n3ccnc3)CC2)cc1. The smallest absolute Gasteiger partial charge is 0.253 e. The van der Waals surface area contributed by atoms with E-state index in [0.717, 1.165) is 5.75 Å². The van der Waals surface area contributed by atoms with E-state index in [1.54, 1.807) is 48.8 Å². The second-order valence-corrected chi connectivity index (χ2v) is 6.46. The lowest BCUT2D eigenvalue weighted by Gasteiger charge is -2.35. The van der Waals surface area contributed by atoms with Crippen molar-refractivity contribution in [3.63, 3.8) is 0 Å². The molecule has 2 amide bonds. The Morgan fingerprint density at radius 2 is 1.77 bits per heavy atom. The van der Waals surface area contributed by atoms with Gasteiger partial charge in [-0.05, 0) is 31.2 Å². The first kappa shape index (κ1) is 18.0. The molecule has 2 aromatic rings. The largest absolute Gasteiger partial charge is 0.497 e. The predicted molar refractivity (Wildman–Crippen MR) is 97.0 cm³/mol. The third kappa shape index (κ3) is 4.04. The average molecular weight is 356 g/mol. The fourth-order valence-electron chi connectivity index (χ4n) is 3.09. The number of carbonyl (C=O) groups is 2. The monoisotopic (exact) mass is 356 g/mol. The zero-order valence-corrected chi connectivity index (χ0v) is 15.2. The van der Waals surface area contributed by atoms with Gasteiger partial charge in [-0.15, -0.1) is 0 Å². The normalized spacial score (nSPS) is 15.6. The fourth-order valence-corrected chi connectivity index (χ4v) is 3.09. The highest BCUT2D eigenvalue weighted by molar-refractivity contribution is 5.94. The summed E-state index contributed by atoms with van der Waals surface area (Å²) in [5.41, 5.74) is 0.638. The lowest BCUT2D eigenvalue weighted by atomic mass is 10.1. The predicted octanol–water partition coefficient (Wildman–Crippen LogP) is 1.83. The van der Waals surface area contributed by atoms with Gasteiger partial charge < -0.3 is 19.1 Å². The van der Waals surface area contributed by atoms with Crippen LogP contribution in [-0.2, 0) is 4.79 Å². The number of hydrogen-bond acceptors (Lipinski definition) is 4. The Morgan fingerprint density at radius 1 is 1.12 bits per heavy atom. The summed E-state index contributed by atoms with van der Waals surface area (Å²) in [5, 5.41) is 0. The molecule has 0 saturated carbocycles. The summed E-state index contributed by atoms with van der Waals surface area (Å²) in [4.78, 5) is 32.7. The zero-order chi connectivity index (χ0) is 18.5. The van der Waals surface area contributed by atoms with Gasteiger partial charge in [0.25, 0.3) is 5.91 Å². The van der Waals surface area contributed by atoms with Crippen LogP contribution in [0.1, 0.15) is 29.7 Å². The summed E-state index contributed by atoms with van der Waals surface area (Å²) in [6, 6.07) is 7.18. The molecule has 7 nitrogen and oxygen atoms in total. The Labute approximate surface area is 153 Å². The van der Waals surface area contributed by atoms with Gasteiger partial charge in [-0.1, -0.05) is 0 Å². The number of carbonyl (C=O) groups excluding carboxylic acids is 2. The molecule has 0 spiro atoms. The Morgan fingerprint density at radius 3 is 2.35 bits per heavy atom. The average Bonchev–Trinajstić information content (AvgIpc) is 3.22. The Kier molecular flexibility index (Phi) is 5.55. The van der Waals surface area contributed by atoms with Crippen molar-refractivity contribution >= 4 is 11.8 Å². The molecule has 1 aromatic carbocycles. The molecule has 0 bridgehead atoms. The molecule has 1 atom stereocenters. The Hall–Kier alpha value is -2.83. The van der Waals surface area contributed by atoms with Crippen molar-refractivity contribution in [2.75, 3.05) is 33.3 Å². The minimum absolute atomic E-state index is 0.00784. The van der Waals surface area contributed by atoms with E-state index in [4.69, 9.17) is 4.74 Å². The lowest BCUT2D eigenvalue weighted by Crippen LogP contribution is -2.50. The van der Waals surface area contributed by atoms with Crippen LogP contribution in [0.4, 0.5) is 0 Å². The van der Waals surface area contributed by atoms with Crippen LogP contribution in [0.3, 0.4) is 0 Å². The molecule has 1 aliphatic rings. The van der Waals surface area contributed by atoms with Crippen molar-refractivity contribution in [2.45, 2.75) is 19.4 Å². The van der Waals surface area contributed by atoms with Gasteiger partial charge >= 0.3 is 0 Å². The highest BCUT2D eigenvalue weighted by Crippen LogP contribution is 2.16. The van der Waals surface area contributed by atoms with E-state index < -0.39 is 0 Å². The van der Waals surface area contributed by atoms with Crippen molar-refractivity contribution in [2.24, 2.45) is 0 Å². The van der Waals surface area contributed by atoms with Crippen LogP contribution in [0.15, 0.2) is 43.0 Å². The van der Waals surface area contributed by atoms with Crippen molar-refractivity contribution < 1.29 is 14.3 Å². The number of amides is 2. The van der Waals surface area contributed by atoms with E-state index in [1.807, 2.05) is 22.6 Å². The Bertz CT molecular complexity index is 735. The maximum Gasteiger partial charge on any atom is 0.253 e. The fraction of sp³-hybridized carbons (Fsp3) is 0.421.